The molecule has 4 atom stereocenters. The van der Waals surface area contributed by atoms with Gasteiger partial charge in [0.1, 0.15) is 12.4 Å². The van der Waals surface area contributed by atoms with Crippen LogP contribution in [0, 0.1) is 11.3 Å². The van der Waals surface area contributed by atoms with E-state index < -0.39 is 18.2 Å². The van der Waals surface area contributed by atoms with E-state index in [9.17, 15) is 15.3 Å². The lowest BCUT2D eigenvalue weighted by molar-refractivity contribution is -0.00370. The minimum absolute atomic E-state index is 0.194. The second-order valence-electron chi connectivity index (χ2n) is 5.45. The van der Waals surface area contributed by atoms with Crippen LogP contribution in [0.25, 0.3) is 16.8 Å². The monoisotopic (exact) mass is 306 g/mol. The molecule has 4 rings (SSSR count). The molecule has 1 aliphatic rings. The molecule has 0 amide bonds. The summed E-state index contributed by atoms with van der Waals surface area (Å²) in [4.78, 5) is 12.4. The number of nitrogens with one attached hydrogen (secondary N) is 1. The molecule has 4 N–H and O–H groups in total. The molecule has 10 nitrogen and oxygen atoms in total. The maximum Gasteiger partial charge on any atom is 0.338 e. The number of fused-ring (bicyclic) bond motifs is 3. The van der Waals surface area contributed by atoms with Gasteiger partial charge in [-0.2, -0.15) is 4.98 Å². The molecule has 0 radical (unpaired) electrons. The smallest absolute Gasteiger partial charge is 0.338 e. The Morgan fingerprint density at radius 3 is 2.77 bits per heavy atom. The van der Waals surface area contributed by atoms with E-state index in [4.69, 9.17) is 9.93 Å². The zero-order valence-corrected chi connectivity index (χ0v) is 11.4. The van der Waals surface area contributed by atoms with Gasteiger partial charge in [-0.05, 0) is 6.42 Å². The summed E-state index contributed by atoms with van der Waals surface area (Å²) >= 11 is 0. The molecular weight excluding hydrogens is 292 g/mol. The maximum atomic E-state index is 10.2. The van der Waals surface area contributed by atoms with Crippen molar-refractivity contribution in [3.05, 3.63) is 18.3 Å². The number of hydrogen-bond acceptors (Lipinski definition) is 8. The molecular formula is C12H14N6O4. The van der Waals surface area contributed by atoms with Crippen molar-refractivity contribution >= 4 is 16.8 Å². The van der Waals surface area contributed by atoms with E-state index in [-0.39, 0.29) is 18.2 Å². The van der Waals surface area contributed by atoms with Crippen molar-refractivity contribution in [3.8, 4) is 0 Å². The fourth-order valence-corrected chi connectivity index (χ4v) is 3.08. The number of hydrogen-bond donors (Lipinski definition) is 4. The van der Waals surface area contributed by atoms with Gasteiger partial charge in [0.15, 0.2) is 11.2 Å². The first-order valence-electron chi connectivity index (χ1n) is 6.83. The summed E-state index contributed by atoms with van der Waals surface area (Å²) in [6.07, 6.45) is 1.30. The predicted octanol–water partition coefficient (Wildman–Crippen LogP) is -1.57. The number of aliphatic hydroxyl groups excluding tert-OH is 3. The van der Waals surface area contributed by atoms with Crippen LogP contribution >= 0.6 is 0 Å². The second kappa shape index (κ2) is 4.60. The van der Waals surface area contributed by atoms with Gasteiger partial charge in [-0.3, -0.25) is 0 Å². The number of rotatable bonds is 2. The summed E-state index contributed by atoms with van der Waals surface area (Å²) in [7, 11) is 0. The minimum Gasteiger partial charge on any atom is -0.396 e. The molecule has 0 unspecified atom stereocenters. The van der Waals surface area contributed by atoms with Gasteiger partial charge in [0.2, 0.25) is 5.65 Å². The van der Waals surface area contributed by atoms with Crippen LogP contribution in [0.2, 0.25) is 0 Å². The molecule has 0 aromatic carbocycles. The number of aliphatic hydroxyl groups is 3. The SMILES string of the molecule is N=c1nc2c3ncn([C@@H]4C[C@H](CO)[C@@H](O)[C@H]4O)c3ncn2o1. The number of imidazole rings is 1. The van der Waals surface area contributed by atoms with E-state index in [0.29, 0.717) is 23.2 Å². The Balaban J connectivity index is 1.86. The van der Waals surface area contributed by atoms with Crippen molar-refractivity contribution in [2.75, 3.05) is 6.61 Å². The van der Waals surface area contributed by atoms with Gasteiger partial charge in [-0.1, -0.05) is 0 Å². The molecule has 0 aliphatic heterocycles. The van der Waals surface area contributed by atoms with Gasteiger partial charge in [0.05, 0.1) is 18.5 Å². The first-order chi connectivity index (χ1) is 10.6. The second-order valence-corrected chi connectivity index (χ2v) is 5.45. The topological polar surface area (TPSA) is 146 Å². The Labute approximate surface area is 122 Å². The molecule has 0 spiro atoms. The predicted molar refractivity (Wildman–Crippen MR) is 70.6 cm³/mol. The molecule has 1 saturated carbocycles. The highest BCUT2D eigenvalue weighted by molar-refractivity contribution is 5.84. The molecule has 1 fully saturated rings. The summed E-state index contributed by atoms with van der Waals surface area (Å²) in [6.45, 7) is -0.194. The van der Waals surface area contributed by atoms with E-state index in [1.165, 1.54) is 17.2 Å². The molecule has 22 heavy (non-hydrogen) atoms. The van der Waals surface area contributed by atoms with Gasteiger partial charge in [0.25, 0.3) is 0 Å². The summed E-state index contributed by atoms with van der Waals surface area (Å²) in [5, 5.41) is 36.8. The lowest BCUT2D eigenvalue weighted by atomic mass is 10.1. The highest BCUT2D eigenvalue weighted by Gasteiger charge is 2.42. The van der Waals surface area contributed by atoms with Crippen LogP contribution in [0.1, 0.15) is 12.5 Å². The molecule has 3 aromatic heterocycles. The molecule has 116 valence electrons. The number of aromatic nitrogens is 5. The molecule has 3 heterocycles. The third kappa shape index (κ3) is 1.71. The standard InChI is InChI=1S/C12H14N6O4/c13-12-16-11-7-10(15-4-18(11)22-12)17(3-14-7)6-1-5(2-19)8(20)9(6)21/h3-6,8-9,13,19-21H,1-2H2/t5-,6-,8-,9+/m1/s1. The molecule has 10 heteroatoms. The fraction of sp³-hybridized carbons (Fsp3) is 0.500. The van der Waals surface area contributed by atoms with Gasteiger partial charge in [-0.15, -0.1) is 4.57 Å². The van der Waals surface area contributed by atoms with E-state index in [0.717, 1.165) is 0 Å². The Kier molecular flexibility index (Phi) is 2.79. The van der Waals surface area contributed by atoms with Crippen LogP contribution in [0.4, 0.5) is 0 Å². The van der Waals surface area contributed by atoms with E-state index >= 15 is 0 Å². The highest BCUT2D eigenvalue weighted by atomic mass is 16.5. The Morgan fingerprint density at radius 1 is 1.23 bits per heavy atom. The average molecular weight is 306 g/mol. The molecule has 1 aliphatic carbocycles. The van der Waals surface area contributed by atoms with Crippen LogP contribution < -0.4 is 5.68 Å². The lowest BCUT2D eigenvalue weighted by Gasteiger charge is -2.18. The van der Waals surface area contributed by atoms with Crippen LogP contribution in [0.15, 0.2) is 17.2 Å². The summed E-state index contributed by atoms with van der Waals surface area (Å²) in [5.74, 6) is -0.387. The summed E-state index contributed by atoms with van der Waals surface area (Å²) in [6, 6.07) is -0.436. The molecule has 0 saturated heterocycles. The van der Waals surface area contributed by atoms with E-state index in [1.54, 1.807) is 4.57 Å². The van der Waals surface area contributed by atoms with Crippen molar-refractivity contribution < 1.29 is 19.8 Å². The fourth-order valence-electron chi connectivity index (χ4n) is 3.08. The zero-order valence-electron chi connectivity index (χ0n) is 11.4. The summed E-state index contributed by atoms with van der Waals surface area (Å²) < 4.78 is 7.93. The van der Waals surface area contributed by atoms with E-state index in [2.05, 4.69) is 15.0 Å². The van der Waals surface area contributed by atoms with Crippen molar-refractivity contribution in [1.29, 1.82) is 5.41 Å². The molecule has 3 aromatic rings. The van der Waals surface area contributed by atoms with Crippen LogP contribution in [-0.4, -0.2) is 58.2 Å². The van der Waals surface area contributed by atoms with Crippen molar-refractivity contribution in [2.24, 2.45) is 5.92 Å². The first-order valence-corrected chi connectivity index (χ1v) is 6.83. The highest BCUT2D eigenvalue weighted by Crippen LogP contribution is 2.36. The van der Waals surface area contributed by atoms with Crippen molar-refractivity contribution in [1.82, 2.24) is 24.1 Å². The van der Waals surface area contributed by atoms with Crippen LogP contribution in [0.3, 0.4) is 0 Å². The van der Waals surface area contributed by atoms with Crippen molar-refractivity contribution in [3.63, 3.8) is 0 Å². The van der Waals surface area contributed by atoms with Gasteiger partial charge in [-0.25, -0.2) is 15.4 Å². The number of nitrogens with zero attached hydrogens (tertiary/aromatic N) is 5. The average Bonchev–Trinajstić information content (AvgIpc) is 3.15. The third-order valence-electron chi connectivity index (χ3n) is 4.23. The minimum atomic E-state index is -1.01. The van der Waals surface area contributed by atoms with Crippen LogP contribution in [-0.2, 0) is 0 Å². The Bertz CT molecular complexity index is 898. The Morgan fingerprint density at radius 2 is 2.05 bits per heavy atom. The quantitative estimate of drug-likeness (QED) is 0.447. The Hall–Kier alpha value is -2.30. The van der Waals surface area contributed by atoms with Gasteiger partial charge < -0.3 is 24.4 Å². The zero-order chi connectivity index (χ0) is 15.4. The lowest BCUT2D eigenvalue weighted by Crippen LogP contribution is -2.30. The largest absolute Gasteiger partial charge is 0.396 e. The normalized spacial score (nSPS) is 28.9. The molecule has 0 bridgehead atoms. The van der Waals surface area contributed by atoms with Crippen LogP contribution in [0.5, 0.6) is 0 Å². The van der Waals surface area contributed by atoms with Crippen molar-refractivity contribution in [2.45, 2.75) is 24.7 Å². The third-order valence-corrected chi connectivity index (χ3v) is 4.23. The first kappa shape index (κ1) is 13.4. The maximum absolute atomic E-state index is 10.2. The summed E-state index contributed by atoms with van der Waals surface area (Å²) in [5.41, 5.74) is 1.03. The van der Waals surface area contributed by atoms with E-state index in [1.807, 2.05) is 0 Å². The van der Waals surface area contributed by atoms with Gasteiger partial charge >= 0.3 is 5.68 Å². The van der Waals surface area contributed by atoms with Gasteiger partial charge in [0, 0.05) is 12.5 Å².